The highest BCUT2D eigenvalue weighted by molar-refractivity contribution is 5.98. The molecule has 1 aromatic rings. The minimum Gasteiger partial charge on any atom is -0.352 e. The Kier molecular flexibility index (Phi) is 5.93. The van der Waals surface area contributed by atoms with E-state index in [0.717, 1.165) is 5.56 Å². The zero-order chi connectivity index (χ0) is 15.1. The second kappa shape index (κ2) is 7.45. The van der Waals surface area contributed by atoms with Crippen LogP contribution in [0.25, 0.3) is 0 Å². The van der Waals surface area contributed by atoms with Crippen LogP contribution < -0.4 is 16.4 Å². The lowest BCUT2D eigenvalue weighted by Gasteiger charge is -2.13. The predicted octanol–water partition coefficient (Wildman–Crippen LogP) is 1.59. The molecule has 0 radical (unpaired) electrons. The number of amides is 2. The van der Waals surface area contributed by atoms with Crippen molar-refractivity contribution in [3.05, 3.63) is 42.0 Å². The van der Waals surface area contributed by atoms with Crippen LogP contribution in [-0.4, -0.2) is 24.4 Å². The predicted molar refractivity (Wildman–Crippen MR) is 80.6 cm³/mol. The van der Waals surface area contributed by atoms with Gasteiger partial charge >= 0.3 is 0 Å². The third-order valence-corrected chi connectivity index (χ3v) is 2.84. The SMILES string of the molecule is C=CCC(N)C(=O)Nc1ccc(C(=O)NCC)cc1C. The van der Waals surface area contributed by atoms with Gasteiger partial charge in [-0.1, -0.05) is 6.08 Å². The van der Waals surface area contributed by atoms with Crippen molar-refractivity contribution in [1.82, 2.24) is 5.32 Å². The summed E-state index contributed by atoms with van der Waals surface area (Å²) in [4.78, 5) is 23.5. The average molecular weight is 275 g/mol. The van der Waals surface area contributed by atoms with Crippen LogP contribution in [-0.2, 0) is 4.79 Å². The van der Waals surface area contributed by atoms with Crippen LogP contribution in [0.3, 0.4) is 0 Å². The molecular formula is C15H21N3O2. The fourth-order valence-electron chi connectivity index (χ4n) is 1.72. The number of carbonyl (C=O) groups is 2. The number of aryl methyl sites for hydroxylation is 1. The molecule has 0 fully saturated rings. The van der Waals surface area contributed by atoms with E-state index in [1.165, 1.54) is 0 Å². The Morgan fingerprint density at radius 1 is 1.45 bits per heavy atom. The average Bonchev–Trinajstić information content (AvgIpc) is 2.41. The molecule has 0 aromatic heterocycles. The summed E-state index contributed by atoms with van der Waals surface area (Å²) in [5, 5.41) is 5.48. The van der Waals surface area contributed by atoms with Gasteiger partial charge in [0.1, 0.15) is 0 Å². The van der Waals surface area contributed by atoms with Crippen LogP contribution in [0.4, 0.5) is 5.69 Å². The fourth-order valence-corrected chi connectivity index (χ4v) is 1.72. The number of anilines is 1. The highest BCUT2D eigenvalue weighted by atomic mass is 16.2. The topological polar surface area (TPSA) is 84.2 Å². The Balaban J connectivity index is 2.80. The highest BCUT2D eigenvalue weighted by Gasteiger charge is 2.13. The maximum atomic E-state index is 11.8. The molecule has 1 atom stereocenters. The van der Waals surface area contributed by atoms with E-state index < -0.39 is 6.04 Å². The first-order valence-electron chi connectivity index (χ1n) is 6.55. The number of benzene rings is 1. The van der Waals surface area contributed by atoms with Gasteiger partial charge in [-0.05, 0) is 44.0 Å². The molecule has 0 aliphatic carbocycles. The van der Waals surface area contributed by atoms with Crippen LogP contribution in [0.5, 0.6) is 0 Å². The minimum absolute atomic E-state index is 0.128. The molecule has 20 heavy (non-hydrogen) atoms. The molecule has 0 aliphatic rings. The van der Waals surface area contributed by atoms with Gasteiger partial charge in [-0.25, -0.2) is 0 Å². The zero-order valence-corrected chi connectivity index (χ0v) is 11.9. The van der Waals surface area contributed by atoms with Gasteiger partial charge in [0.05, 0.1) is 6.04 Å². The van der Waals surface area contributed by atoms with Crippen LogP contribution in [0.2, 0.25) is 0 Å². The van der Waals surface area contributed by atoms with Crippen LogP contribution in [0.15, 0.2) is 30.9 Å². The Morgan fingerprint density at radius 2 is 2.15 bits per heavy atom. The quantitative estimate of drug-likeness (QED) is 0.689. The summed E-state index contributed by atoms with van der Waals surface area (Å²) in [7, 11) is 0. The first kappa shape index (κ1) is 15.9. The Labute approximate surface area is 119 Å². The number of hydrogen-bond donors (Lipinski definition) is 3. The van der Waals surface area contributed by atoms with E-state index in [2.05, 4.69) is 17.2 Å². The monoisotopic (exact) mass is 275 g/mol. The second-order valence-electron chi connectivity index (χ2n) is 4.51. The fraction of sp³-hybridized carbons (Fsp3) is 0.333. The van der Waals surface area contributed by atoms with Gasteiger partial charge in [-0.15, -0.1) is 6.58 Å². The summed E-state index contributed by atoms with van der Waals surface area (Å²) in [6.45, 7) is 7.82. The molecule has 0 bridgehead atoms. The molecule has 0 saturated carbocycles. The van der Waals surface area contributed by atoms with Gasteiger partial charge < -0.3 is 16.4 Å². The molecular weight excluding hydrogens is 254 g/mol. The van der Waals surface area contributed by atoms with Crippen molar-refractivity contribution in [3.8, 4) is 0 Å². The van der Waals surface area contributed by atoms with Crippen LogP contribution in [0, 0.1) is 6.92 Å². The van der Waals surface area contributed by atoms with E-state index in [0.29, 0.717) is 24.2 Å². The van der Waals surface area contributed by atoms with Gasteiger partial charge in [0.25, 0.3) is 5.91 Å². The van der Waals surface area contributed by atoms with Crippen molar-refractivity contribution >= 4 is 17.5 Å². The van der Waals surface area contributed by atoms with Gasteiger partial charge in [0.15, 0.2) is 0 Å². The van der Waals surface area contributed by atoms with Gasteiger partial charge in [0.2, 0.25) is 5.91 Å². The molecule has 1 unspecified atom stereocenters. The molecule has 0 saturated heterocycles. The lowest BCUT2D eigenvalue weighted by Crippen LogP contribution is -2.35. The Bertz CT molecular complexity index is 512. The number of hydrogen-bond acceptors (Lipinski definition) is 3. The van der Waals surface area contributed by atoms with Crippen molar-refractivity contribution in [3.63, 3.8) is 0 Å². The molecule has 0 aliphatic heterocycles. The maximum absolute atomic E-state index is 11.8. The summed E-state index contributed by atoms with van der Waals surface area (Å²) < 4.78 is 0. The van der Waals surface area contributed by atoms with E-state index in [9.17, 15) is 9.59 Å². The summed E-state index contributed by atoms with van der Waals surface area (Å²) >= 11 is 0. The van der Waals surface area contributed by atoms with Gasteiger partial charge in [0, 0.05) is 17.8 Å². The third kappa shape index (κ3) is 4.20. The number of nitrogens with two attached hydrogens (primary N) is 1. The van der Waals surface area contributed by atoms with Crippen LogP contribution >= 0.6 is 0 Å². The largest absolute Gasteiger partial charge is 0.352 e. The van der Waals surface area contributed by atoms with E-state index in [1.807, 2.05) is 13.8 Å². The normalized spacial score (nSPS) is 11.6. The number of rotatable bonds is 6. The first-order chi connectivity index (χ1) is 9.49. The molecule has 1 aromatic carbocycles. The second-order valence-corrected chi connectivity index (χ2v) is 4.51. The third-order valence-electron chi connectivity index (χ3n) is 2.84. The zero-order valence-electron chi connectivity index (χ0n) is 11.9. The smallest absolute Gasteiger partial charge is 0.251 e. The minimum atomic E-state index is -0.616. The highest BCUT2D eigenvalue weighted by Crippen LogP contribution is 2.17. The van der Waals surface area contributed by atoms with Crippen molar-refractivity contribution in [2.75, 3.05) is 11.9 Å². The van der Waals surface area contributed by atoms with Gasteiger partial charge in [-0.2, -0.15) is 0 Å². The van der Waals surface area contributed by atoms with Crippen LogP contribution in [0.1, 0.15) is 29.3 Å². The lowest BCUT2D eigenvalue weighted by atomic mass is 10.1. The molecule has 0 spiro atoms. The molecule has 108 valence electrons. The van der Waals surface area contributed by atoms with E-state index in [-0.39, 0.29) is 11.8 Å². The van der Waals surface area contributed by atoms with Crippen molar-refractivity contribution in [1.29, 1.82) is 0 Å². The summed E-state index contributed by atoms with van der Waals surface area (Å²) in [5.41, 5.74) is 7.73. The van der Waals surface area contributed by atoms with E-state index in [4.69, 9.17) is 5.73 Å². The molecule has 5 heteroatoms. The molecule has 2 amide bonds. The Hall–Kier alpha value is -2.14. The number of nitrogens with one attached hydrogen (secondary N) is 2. The molecule has 1 rings (SSSR count). The molecule has 5 nitrogen and oxygen atoms in total. The maximum Gasteiger partial charge on any atom is 0.251 e. The van der Waals surface area contributed by atoms with E-state index in [1.54, 1.807) is 24.3 Å². The standard InChI is InChI=1S/C15H21N3O2/c1-4-6-12(16)15(20)18-13-8-7-11(9-10(13)3)14(19)17-5-2/h4,7-9,12H,1,5-6,16H2,2-3H3,(H,17,19)(H,18,20). The van der Waals surface area contributed by atoms with Crippen molar-refractivity contribution < 1.29 is 9.59 Å². The van der Waals surface area contributed by atoms with Crippen molar-refractivity contribution in [2.45, 2.75) is 26.3 Å². The first-order valence-corrected chi connectivity index (χ1v) is 6.55. The molecule has 0 heterocycles. The molecule has 4 N–H and O–H groups in total. The summed E-state index contributed by atoms with van der Waals surface area (Å²) in [6.07, 6.45) is 2.02. The summed E-state index contributed by atoms with van der Waals surface area (Å²) in [6, 6.07) is 4.50. The van der Waals surface area contributed by atoms with Crippen molar-refractivity contribution in [2.24, 2.45) is 5.73 Å². The number of carbonyl (C=O) groups excluding carboxylic acids is 2. The van der Waals surface area contributed by atoms with E-state index >= 15 is 0 Å². The Morgan fingerprint density at radius 3 is 2.70 bits per heavy atom. The van der Waals surface area contributed by atoms with Gasteiger partial charge in [-0.3, -0.25) is 9.59 Å². The summed E-state index contributed by atoms with van der Waals surface area (Å²) in [5.74, 6) is -0.393. The lowest BCUT2D eigenvalue weighted by molar-refractivity contribution is -0.117.